The number of nitrogens with zero attached hydrogens (tertiary/aromatic N) is 1. The third kappa shape index (κ3) is 6.40. The minimum Gasteiger partial charge on any atom is -0.467 e. The van der Waals surface area contributed by atoms with Gasteiger partial charge in [-0.15, -0.1) is 0 Å². The molecule has 1 fully saturated rings. The first kappa shape index (κ1) is 30.2. The smallest absolute Gasteiger partial charge is 0.343 e. The van der Waals surface area contributed by atoms with E-state index >= 15 is 0 Å². The Morgan fingerprint density at radius 2 is 1.26 bits per heavy atom. The van der Waals surface area contributed by atoms with Gasteiger partial charge in [0.15, 0.2) is 12.2 Å². The van der Waals surface area contributed by atoms with Gasteiger partial charge in [0, 0.05) is 4.90 Å². The Morgan fingerprint density at radius 1 is 0.767 bits per heavy atom. The van der Waals surface area contributed by atoms with Crippen molar-refractivity contribution < 1.29 is 47.7 Å². The highest BCUT2D eigenvalue weighted by Crippen LogP contribution is 2.38. The van der Waals surface area contributed by atoms with Crippen LogP contribution in [-0.2, 0) is 62.7 Å². The van der Waals surface area contributed by atoms with Crippen LogP contribution >= 0.6 is 0 Å². The zero-order valence-corrected chi connectivity index (χ0v) is 23.8. The van der Waals surface area contributed by atoms with Gasteiger partial charge >= 0.3 is 17.5 Å². The van der Waals surface area contributed by atoms with Crippen LogP contribution in [0.1, 0.15) is 16.7 Å². The van der Waals surface area contributed by atoms with Crippen LogP contribution in [0.2, 0.25) is 0 Å². The normalized spacial score (nSPS) is 22.4. The molecule has 11 nitrogen and oxygen atoms in total. The van der Waals surface area contributed by atoms with Crippen molar-refractivity contribution in [3.05, 3.63) is 113 Å². The van der Waals surface area contributed by atoms with Gasteiger partial charge in [0.25, 0.3) is 5.71 Å². The van der Waals surface area contributed by atoms with Crippen molar-refractivity contribution in [1.29, 1.82) is 0 Å². The molecular weight excluding hydrogens is 558 g/mol. The summed E-state index contributed by atoms with van der Waals surface area (Å²) >= 11 is 0. The second kappa shape index (κ2) is 13.8. The number of esters is 2. The molecule has 0 bridgehead atoms. The Labute approximate surface area is 249 Å². The molecule has 0 aromatic heterocycles. The highest BCUT2D eigenvalue weighted by atomic mass is 16.9. The zero-order chi connectivity index (χ0) is 30.2. The second-order valence-corrected chi connectivity index (χ2v) is 10.0. The molecule has 3 aromatic carbocycles. The molecule has 11 heteroatoms. The molecule has 0 saturated carbocycles. The van der Waals surface area contributed by atoms with Crippen molar-refractivity contribution in [2.45, 2.75) is 49.8 Å². The number of carbonyl (C=O) groups is 2. The summed E-state index contributed by atoms with van der Waals surface area (Å²) in [6.45, 7) is 0.473. The van der Waals surface area contributed by atoms with Gasteiger partial charge in [0.05, 0.1) is 40.6 Å². The average molecular weight is 592 g/mol. The molecule has 0 radical (unpaired) electrons. The standard InChI is InChI=1S/C32H33NO10/c1-37-30(34)32(31(35)38-2)29-26(33(36)43-32)28(41-20-24-16-10-5-11-17-24)27(40-19-23-14-8-4-9-15-23)25(42-29)21-39-18-22-12-6-3-7-13-22/h3-17,25,27-29H,18-21H2,1-2H3/t25-,27-,28-,29+/m1/s1. The van der Waals surface area contributed by atoms with E-state index in [1.807, 2.05) is 91.0 Å². The minimum absolute atomic E-state index is 0.0272. The quantitative estimate of drug-likeness (QED) is 0.176. The predicted molar refractivity (Wildman–Crippen MR) is 151 cm³/mol. The molecule has 43 heavy (non-hydrogen) atoms. The van der Waals surface area contributed by atoms with Crippen molar-refractivity contribution in [2.75, 3.05) is 20.8 Å². The van der Waals surface area contributed by atoms with Gasteiger partial charge in [-0.3, -0.25) is 5.21 Å². The molecule has 0 amide bonds. The van der Waals surface area contributed by atoms with E-state index in [-0.39, 0.29) is 37.0 Å². The summed E-state index contributed by atoms with van der Waals surface area (Å²) < 4.78 is 34.9. The molecule has 226 valence electrons. The van der Waals surface area contributed by atoms with Gasteiger partial charge < -0.3 is 33.3 Å². The SMILES string of the molecule is COC(=O)C1(C(=O)OC)O[N+]([O-])=C2[C@@H](OCc3ccccc3)[C@H](OCc3ccccc3)[C@@H](COCc3ccccc3)O[C@@H]21. The summed E-state index contributed by atoms with van der Waals surface area (Å²) in [5.41, 5.74) is -0.0904. The summed E-state index contributed by atoms with van der Waals surface area (Å²) in [5, 5.41) is 13.4. The van der Waals surface area contributed by atoms with E-state index in [2.05, 4.69) is 0 Å². The fourth-order valence-corrected chi connectivity index (χ4v) is 5.15. The van der Waals surface area contributed by atoms with E-state index in [1.165, 1.54) is 0 Å². The van der Waals surface area contributed by atoms with Crippen molar-refractivity contribution in [2.24, 2.45) is 0 Å². The molecule has 0 N–H and O–H groups in total. The van der Waals surface area contributed by atoms with Crippen molar-refractivity contribution in [3.8, 4) is 0 Å². The van der Waals surface area contributed by atoms with Crippen LogP contribution in [0.25, 0.3) is 0 Å². The maximum atomic E-state index is 13.4. The lowest BCUT2D eigenvalue weighted by Crippen LogP contribution is -2.66. The van der Waals surface area contributed by atoms with Crippen LogP contribution in [0.3, 0.4) is 0 Å². The number of hydrogen-bond donors (Lipinski definition) is 0. The van der Waals surface area contributed by atoms with E-state index in [0.717, 1.165) is 30.9 Å². The third-order valence-electron chi connectivity index (χ3n) is 7.27. The number of carbonyl (C=O) groups excluding carboxylic acids is 2. The Bertz CT molecular complexity index is 1380. The predicted octanol–water partition coefficient (Wildman–Crippen LogP) is 3.12. The number of benzene rings is 3. The van der Waals surface area contributed by atoms with Gasteiger partial charge in [0.1, 0.15) is 12.2 Å². The van der Waals surface area contributed by atoms with Crippen molar-refractivity contribution in [3.63, 3.8) is 0 Å². The molecule has 2 heterocycles. The fraction of sp³-hybridized carbons (Fsp3) is 0.344. The molecular formula is C32H33NO10. The lowest BCUT2D eigenvalue weighted by molar-refractivity contribution is -0.745. The monoisotopic (exact) mass is 591 g/mol. The maximum Gasteiger partial charge on any atom is 0.343 e. The van der Waals surface area contributed by atoms with E-state index in [4.69, 9.17) is 33.3 Å². The number of fused-ring (bicyclic) bond motifs is 1. The highest BCUT2D eigenvalue weighted by Gasteiger charge is 2.70. The summed E-state index contributed by atoms with van der Waals surface area (Å²) in [6.07, 6.45) is -4.47. The Morgan fingerprint density at radius 3 is 1.77 bits per heavy atom. The van der Waals surface area contributed by atoms with Gasteiger partial charge in [-0.25, -0.2) is 9.59 Å². The van der Waals surface area contributed by atoms with Crippen LogP contribution in [-0.4, -0.2) is 73.4 Å². The molecule has 2 aliphatic rings. The van der Waals surface area contributed by atoms with Gasteiger partial charge in [0.2, 0.25) is 0 Å². The molecule has 4 atom stereocenters. The van der Waals surface area contributed by atoms with Crippen molar-refractivity contribution >= 4 is 17.7 Å². The Kier molecular flexibility index (Phi) is 9.68. The average Bonchev–Trinajstić information content (AvgIpc) is 3.36. The number of methoxy groups -OCH3 is 2. The zero-order valence-electron chi connectivity index (χ0n) is 23.8. The fourth-order valence-electron chi connectivity index (χ4n) is 5.15. The number of rotatable bonds is 12. The molecule has 0 unspecified atom stereocenters. The van der Waals surface area contributed by atoms with Gasteiger partial charge in [-0.1, -0.05) is 91.0 Å². The number of hydrogen-bond acceptors (Lipinski definition) is 10. The minimum atomic E-state index is -2.56. The van der Waals surface area contributed by atoms with Gasteiger partial charge in [-0.05, 0) is 16.7 Å². The van der Waals surface area contributed by atoms with Crippen LogP contribution in [0.15, 0.2) is 91.0 Å². The molecule has 3 aromatic rings. The van der Waals surface area contributed by atoms with Crippen molar-refractivity contribution in [1.82, 2.24) is 0 Å². The van der Waals surface area contributed by atoms with E-state index in [0.29, 0.717) is 0 Å². The third-order valence-corrected chi connectivity index (χ3v) is 7.27. The van der Waals surface area contributed by atoms with E-state index in [9.17, 15) is 14.8 Å². The molecule has 1 saturated heterocycles. The Hall–Kier alpha value is -4.29. The summed E-state index contributed by atoms with van der Waals surface area (Å²) in [6, 6.07) is 28.3. The second-order valence-electron chi connectivity index (χ2n) is 10.0. The number of ether oxygens (including phenoxy) is 6. The van der Waals surface area contributed by atoms with Crippen LogP contribution in [0.5, 0.6) is 0 Å². The first-order chi connectivity index (χ1) is 21.0. The molecule has 0 spiro atoms. The van der Waals surface area contributed by atoms with Crippen LogP contribution < -0.4 is 0 Å². The highest BCUT2D eigenvalue weighted by molar-refractivity contribution is 6.11. The first-order valence-electron chi connectivity index (χ1n) is 13.8. The van der Waals surface area contributed by atoms with Crippen LogP contribution in [0.4, 0.5) is 0 Å². The topological polar surface area (TPSA) is 125 Å². The summed E-state index contributed by atoms with van der Waals surface area (Å²) in [4.78, 5) is 31.7. The van der Waals surface area contributed by atoms with Gasteiger partial charge in [-0.2, -0.15) is 0 Å². The summed E-state index contributed by atoms with van der Waals surface area (Å²) in [5.74, 6) is -2.32. The first-order valence-corrected chi connectivity index (χ1v) is 13.8. The largest absolute Gasteiger partial charge is 0.467 e. The van der Waals surface area contributed by atoms with Crippen LogP contribution in [0, 0.1) is 5.21 Å². The molecule has 2 aliphatic heterocycles. The Balaban J connectivity index is 1.51. The lowest BCUT2D eigenvalue weighted by atomic mass is 9.85. The molecule has 5 rings (SSSR count). The van der Waals surface area contributed by atoms with E-state index < -0.39 is 42.0 Å². The van der Waals surface area contributed by atoms with E-state index in [1.54, 1.807) is 0 Å². The maximum absolute atomic E-state index is 13.4. The molecule has 0 aliphatic carbocycles. The lowest BCUT2D eigenvalue weighted by Gasteiger charge is -2.40. The summed E-state index contributed by atoms with van der Waals surface area (Å²) in [7, 11) is 2.14.